The summed E-state index contributed by atoms with van der Waals surface area (Å²) in [6.45, 7) is 0.586. The van der Waals surface area contributed by atoms with Crippen LogP contribution in [0.15, 0.2) is 72.5 Å². The van der Waals surface area contributed by atoms with Crippen LogP contribution < -0.4 is 10.6 Å². The molecule has 0 spiro atoms. The molecule has 2 N–H and O–H groups in total. The van der Waals surface area contributed by atoms with Crippen LogP contribution in [-0.4, -0.2) is 5.91 Å². The molecule has 3 nitrogen and oxygen atoms in total. The van der Waals surface area contributed by atoms with Crippen molar-refractivity contribution < 1.29 is 4.79 Å². The summed E-state index contributed by atoms with van der Waals surface area (Å²) in [4.78, 5) is 12.6. The number of hydrogen-bond acceptors (Lipinski definition) is 2. The quantitative estimate of drug-likeness (QED) is 0.848. The van der Waals surface area contributed by atoms with E-state index in [-0.39, 0.29) is 5.91 Å². The SMILES string of the molecule is O=C(Nc1ccccc1)c1cc(Cl)ccc1CNC1=CC=CC1. The summed E-state index contributed by atoms with van der Waals surface area (Å²) < 4.78 is 0. The van der Waals surface area contributed by atoms with E-state index in [1.165, 1.54) is 0 Å². The number of hydrogen-bond donors (Lipinski definition) is 2. The van der Waals surface area contributed by atoms with Gasteiger partial charge in [-0.1, -0.05) is 48.0 Å². The fourth-order valence-corrected chi connectivity index (χ4v) is 2.59. The molecule has 2 aromatic carbocycles. The maximum atomic E-state index is 12.6. The zero-order valence-corrected chi connectivity index (χ0v) is 13.3. The molecule has 0 heterocycles. The number of allylic oxidation sites excluding steroid dienone is 3. The monoisotopic (exact) mass is 324 g/mol. The van der Waals surface area contributed by atoms with Crippen LogP contribution in [0.5, 0.6) is 0 Å². The molecule has 23 heavy (non-hydrogen) atoms. The number of carbonyl (C=O) groups excluding carboxylic acids is 1. The molecular weight excluding hydrogens is 308 g/mol. The molecule has 0 unspecified atom stereocenters. The van der Waals surface area contributed by atoms with Gasteiger partial charge >= 0.3 is 0 Å². The van der Waals surface area contributed by atoms with Gasteiger partial charge in [0, 0.05) is 34.9 Å². The molecule has 0 saturated heterocycles. The first-order chi connectivity index (χ1) is 11.2. The van der Waals surface area contributed by atoms with Gasteiger partial charge in [-0.3, -0.25) is 4.79 Å². The highest BCUT2D eigenvalue weighted by molar-refractivity contribution is 6.31. The van der Waals surface area contributed by atoms with Gasteiger partial charge in [-0.25, -0.2) is 0 Å². The number of carbonyl (C=O) groups is 1. The largest absolute Gasteiger partial charge is 0.384 e. The summed E-state index contributed by atoms with van der Waals surface area (Å²) >= 11 is 6.07. The normalized spacial score (nSPS) is 12.8. The summed E-state index contributed by atoms with van der Waals surface area (Å²) in [5.74, 6) is -0.158. The minimum Gasteiger partial charge on any atom is -0.384 e. The lowest BCUT2D eigenvalue weighted by atomic mass is 10.1. The molecule has 0 aliphatic heterocycles. The average Bonchev–Trinajstić information content (AvgIpc) is 3.08. The van der Waals surface area contributed by atoms with Crippen molar-refractivity contribution in [1.82, 2.24) is 5.32 Å². The van der Waals surface area contributed by atoms with E-state index in [1.54, 1.807) is 12.1 Å². The van der Waals surface area contributed by atoms with Gasteiger partial charge in [-0.2, -0.15) is 0 Å². The third-order valence-corrected chi connectivity index (χ3v) is 3.86. The summed E-state index contributed by atoms with van der Waals surface area (Å²) in [7, 11) is 0. The third kappa shape index (κ3) is 4.02. The zero-order valence-electron chi connectivity index (χ0n) is 12.6. The van der Waals surface area contributed by atoms with E-state index >= 15 is 0 Å². The van der Waals surface area contributed by atoms with Crippen LogP contribution in [0, 0.1) is 0 Å². The molecule has 3 rings (SSSR count). The predicted octanol–water partition coefficient (Wildman–Crippen LogP) is 4.53. The Bertz CT molecular complexity index is 766. The standard InChI is InChI=1S/C19H17ClN2O/c20-15-11-10-14(13-21-16-6-4-5-7-16)18(12-15)19(23)22-17-8-2-1-3-9-17/h1-6,8-12,21H,7,13H2,(H,22,23). The van der Waals surface area contributed by atoms with Crippen LogP contribution in [-0.2, 0) is 6.54 Å². The van der Waals surface area contributed by atoms with E-state index in [0.717, 1.165) is 23.4 Å². The number of amides is 1. The Morgan fingerprint density at radius 3 is 2.70 bits per heavy atom. The van der Waals surface area contributed by atoms with Gasteiger partial charge in [0.25, 0.3) is 5.91 Å². The lowest BCUT2D eigenvalue weighted by Crippen LogP contribution is -2.18. The van der Waals surface area contributed by atoms with Crippen molar-refractivity contribution in [2.45, 2.75) is 13.0 Å². The first-order valence-corrected chi connectivity index (χ1v) is 7.84. The smallest absolute Gasteiger partial charge is 0.256 e. The molecule has 1 aliphatic rings. The van der Waals surface area contributed by atoms with Gasteiger partial charge < -0.3 is 10.6 Å². The van der Waals surface area contributed by atoms with E-state index in [2.05, 4.69) is 16.7 Å². The van der Waals surface area contributed by atoms with Gasteiger partial charge in [0.1, 0.15) is 0 Å². The minimum atomic E-state index is -0.158. The van der Waals surface area contributed by atoms with Crippen molar-refractivity contribution in [2.75, 3.05) is 5.32 Å². The molecule has 2 aromatic rings. The number of halogens is 1. The van der Waals surface area contributed by atoms with E-state index < -0.39 is 0 Å². The van der Waals surface area contributed by atoms with Gasteiger partial charge in [0.15, 0.2) is 0 Å². The number of para-hydroxylation sites is 1. The van der Waals surface area contributed by atoms with Crippen LogP contribution in [0.25, 0.3) is 0 Å². The number of rotatable bonds is 5. The van der Waals surface area contributed by atoms with Gasteiger partial charge in [0.2, 0.25) is 0 Å². The highest BCUT2D eigenvalue weighted by Crippen LogP contribution is 2.19. The molecule has 1 aliphatic carbocycles. The van der Waals surface area contributed by atoms with Crippen molar-refractivity contribution in [3.05, 3.63) is 88.6 Å². The first-order valence-electron chi connectivity index (χ1n) is 7.47. The van der Waals surface area contributed by atoms with Gasteiger partial charge in [-0.05, 0) is 35.9 Å². The van der Waals surface area contributed by atoms with Crippen LogP contribution in [0.2, 0.25) is 5.02 Å². The minimum absolute atomic E-state index is 0.158. The molecule has 0 fully saturated rings. The number of anilines is 1. The molecule has 116 valence electrons. The maximum absolute atomic E-state index is 12.6. The van der Waals surface area contributed by atoms with E-state index in [9.17, 15) is 4.79 Å². The van der Waals surface area contributed by atoms with Crippen molar-refractivity contribution in [3.63, 3.8) is 0 Å². The molecule has 0 aromatic heterocycles. The van der Waals surface area contributed by atoms with Crippen LogP contribution in [0.3, 0.4) is 0 Å². The molecular formula is C19H17ClN2O. The van der Waals surface area contributed by atoms with Crippen LogP contribution in [0.1, 0.15) is 22.3 Å². The summed E-state index contributed by atoms with van der Waals surface area (Å²) in [6.07, 6.45) is 7.05. The molecule has 4 heteroatoms. The topological polar surface area (TPSA) is 41.1 Å². The second kappa shape index (κ2) is 7.16. The molecule has 0 radical (unpaired) electrons. The van der Waals surface area contributed by atoms with E-state index in [4.69, 9.17) is 11.6 Å². The first kappa shape index (κ1) is 15.4. The summed E-state index contributed by atoms with van der Waals surface area (Å²) in [5, 5.41) is 6.80. The molecule has 0 saturated carbocycles. The Morgan fingerprint density at radius 1 is 1.13 bits per heavy atom. The van der Waals surface area contributed by atoms with Crippen molar-refractivity contribution >= 4 is 23.2 Å². The Balaban J connectivity index is 1.76. The highest BCUT2D eigenvalue weighted by Gasteiger charge is 2.13. The zero-order chi connectivity index (χ0) is 16.1. The highest BCUT2D eigenvalue weighted by atomic mass is 35.5. The second-order valence-corrected chi connectivity index (χ2v) is 5.74. The van der Waals surface area contributed by atoms with Gasteiger partial charge in [-0.15, -0.1) is 0 Å². The lowest BCUT2D eigenvalue weighted by molar-refractivity contribution is 0.102. The molecule has 0 atom stereocenters. The average molecular weight is 325 g/mol. The van der Waals surface area contributed by atoms with Crippen LogP contribution in [0.4, 0.5) is 5.69 Å². The maximum Gasteiger partial charge on any atom is 0.256 e. The molecule has 1 amide bonds. The van der Waals surface area contributed by atoms with E-state index in [1.807, 2.05) is 48.6 Å². The fourth-order valence-electron chi connectivity index (χ4n) is 2.42. The Morgan fingerprint density at radius 2 is 1.96 bits per heavy atom. The lowest BCUT2D eigenvalue weighted by Gasteiger charge is -2.13. The van der Waals surface area contributed by atoms with Crippen LogP contribution >= 0.6 is 11.6 Å². The fraction of sp³-hybridized carbons (Fsp3) is 0.105. The predicted molar refractivity (Wildman–Crippen MR) is 94.5 cm³/mol. The summed E-state index contributed by atoms with van der Waals surface area (Å²) in [6, 6.07) is 14.8. The Hall–Kier alpha value is -2.52. The summed E-state index contributed by atoms with van der Waals surface area (Å²) in [5.41, 5.74) is 3.41. The van der Waals surface area contributed by atoms with E-state index in [0.29, 0.717) is 17.1 Å². The van der Waals surface area contributed by atoms with Crippen molar-refractivity contribution in [3.8, 4) is 0 Å². The molecule has 0 bridgehead atoms. The van der Waals surface area contributed by atoms with Crippen molar-refractivity contribution in [2.24, 2.45) is 0 Å². The second-order valence-electron chi connectivity index (χ2n) is 5.30. The Kier molecular flexibility index (Phi) is 4.79. The van der Waals surface area contributed by atoms with Crippen molar-refractivity contribution in [1.29, 1.82) is 0 Å². The third-order valence-electron chi connectivity index (χ3n) is 3.63. The Labute approximate surface area is 140 Å². The number of nitrogens with one attached hydrogen (secondary N) is 2. The number of benzene rings is 2. The van der Waals surface area contributed by atoms with Gasteiger partial charge in [0.05, 0.1) is 0 Å².